The van der Waals surface area contributed by atoms with Crippen molar-refractivity contribution >= 4 is 35.0 Å². The van der Waals surface area contributed by atoms with E-state index in [0.717, 1.165) is 23.2 Å². The average Bonchev–Trinajstić information content (AvgIpc) is 2.21. The molecule has 1 aromatic heterocycles. The Morgan fingerprint density at radius 2 is 2.19 bits per heavy atom. The maximum absolute atomic E-state index is 11.9. The summed E-state index contributed by atoms with van der Waals surface area (Å²) in [6.45, 7) is 2.99. The van der Waals surface area contributed by atoms with E-state index in [2.05, 4.69) is 34.0 Å². The van der Waals surface area contributed by atoms with E-state index in [-0.39, 0.29) is 18.0 Å². The van der Waals surface area contributed by atoms with E-state index in [1.807, 2.05) is 4.57 Å². The Kier molecular flexibility index (Phi) is 3.61. The summed E-state index contributed by atoms with van der Waals surface area (Å²) in [6, 6.07) is 3.90. The number of halogens is 2. The fourth-order valence-corrected chi connectivity index (χ4v) is 3.36. The summed E-state index contributed by atoms with van der Waals surface area (Å²) >= 11 is 2.23. The molecule has 1 N–H and O–H groups in total. The van der Waals surface area contributed by atoms with Crippen LogP contribution < -0.4 is 10.9 Å². The maximum Gasteiger partial charge on any atom is 0.251 e. The van der Waals surface area contributed by atoms with Crippen LogP contribution in [0, 0.1) is 9.49 Å². The van der Waals surface area contributed by atoms with Crippen LogP contribution in [0.5, 0.6) is 0 Å². The molecule has 3 nitrogen and oxygen atoms in total. The molecule has 0 radical (unpaired) electrons. The van der Waals surface area contributed by atoms with Crippen LogP contribution in [-0.2, 0) is 6.54 Å². The molecule has 2 atom stereocenters. The second kappa shape index (κ2) is 4.66. The molecule has 1 aromatic rings. The predicted octanol–water partition coefficient (Wildman–Crippen LogP) is 1.58. The quantitative estimate of drug-likeness (QED) is 0.720. The third-order valence-electron chi connectivity index (χ3n) is 3.43. The van der Waals surface area contributed by atoms with Crippen LogP contribution in [0.4, 0.5) is 0 Å². The molecule has 1 fully saturated rings. The highest BCUT2D eigenvalue weighted by Gasteiger charge is 2.30. The zero-order valence-electron chi connectivity index (χ0n) is 8.78. The van der Waals surface area contributed by atoms with Crippen LogP contribution in [0.3, 0.4) is 0 Å². The first-order valence-electron chi connectivity index (χ1n) is 5.35. The second-order valence-electron chi connectivity index (χ2n) is 4.50. The van der Waals surface area contributed by atoms with Crippen molar-refractivity contribution in [2.24, 2.45) is 5.92 Å². The smallest absolute Gasteiger partial charge is 0.251 e. The van der Waals surface area contributed by atoms with Crippen molar-refractivity contribution in [2.45, 2.75) is 18.9 Å². The van der Waals surface area contributed by atoms with Gasteiger partial charge < -0.3 is 9.88 Å². The highest BCUT2D eigenvalue weighted by molar-refractivity contribution is 14.1. The molecular formula is C11H14ClIN2O. The number of nitrogens with zero attached hydrogens (tertiary/aromatic N) is 1. The van der Waals surface area contributed by atoms with Gasteiger partial charge in [0.1, 0.15) is 0 Å². The standard InChI is InChI=1S/C11H13IN2O.ClH/c12-9-2-10-8-1-7(4-13-5-8)6-14(10)11(15)3-9;/h2-3,7-8,13H,1,4-6H2;1H/t7?,8-;/m0./s1. The molecule has 16 heavy (non-hydrogen) atoms. The van der Waals surface area contributed by atoms with E-state index in [9.17, 15) is 4.79 Å². The number of hydrogen-bond acceptors (Lipinski definition) is 2. The van der Waals surface area contributed by atoms with E-state index in [4.69, 9.17) is 0 Å². The minimum absolute atomic E-state index is 0. The summed E-state index contributed by atoms with van der Waals surface area (Å²) in [5.74, 6) is 1.19. The number of aromatic nitrogens is 1. The molecule has 0 aromatic carbocycles. The highest BCUT2D eigenvalue weighted by atomic mass is 127. The largest absolute Gasteiger partial charge is 0.316 e. The molecule has 2 aliphatic heterocycles. The molecule has 1 saturated heterocycles. The van der Waals surface area contributed by atoms with Crippen LogP contribution in [0.25, 0.3) is 0 Å². The predicted molar refractivity (Wildman–Crippen MR) is 74.4 cm³/mol. The number of pyridine rings is 1. The van der Waals surface area contributed by atoms with Gasteiger partial charge in [0.25, 0.3) is 5.56 Å². The summed E-state index contributed by atoms with van der Waals surface area (Å²) in [6.07, 6.45) is 1.24. The van der Waals surface area contributed by atoms with Gasteiger partial charge in [0.2, 0.25) is 0 Å². The second-order valence-corrected chi connectivity index (χ2v) is 5.75. The van der Waals surface area contributed by atoms with Crippen molar-refractivity contribution in [3.63, 3.8) is 0 Å². The summed E-state index contributed by atoms with van der Waals surface area (Å²) in [4.78, 5) is 11.9. The first-order chi connectivity index (χ1) is 7.24. The SMILES string of the molecule is Cl.O=c1cc(I)cc2n1CC1CNC[C@@H]2C1. The number of hydrogen-bond donors (Lipinski definition) is 1. The van der Waals surface area contributed by atoms with E-state index >= 15 is 0 Å². The Hall–Kier alpha value is -0.0700. The number of fused-ring (bicyclic) bond motifs is 4. The average molecular weight is 353 g/mol. The van der Waals surface area contributed by atoms with Gasteiger partial charge in [-0.15, -0.1) is 12.4 Å². The Labute approximate surface area is 114 Å². The fourth-order valence-electron chi connectivity index (χ4n) is 2.77. The maximum atomic E-state index is 11.9. The Bertz CT molecular complexity index is 460. The van der Waals surface area contributed by atoms with Gasteiger partial charge in [0, 0.05) is 34.3 Å². The lowest BCUT2D eigenvalue weighted by molar-refractivity contribution is 0.257. The zero-order chi connectivity index (χ0) is 10.4. The van der Waals surface area contributed by atoms with Gasteiger partial charge in [0.15, 0.2) is 0 Å². The van der Waals surface area contributed by atoms with Crippen LogP contribution in [0.1, 0.15) is 18.0 Å². The molecule has 0 aliphatic carbocycles. The molecule has 0 saturated carbocycles. The monoisotopic (exact) mass is 352 g/mol. The van der Waals surface area contributed by atoms with Crippen LogP contribution >= 0.6 is 35.0 Å². The van der Waals surface area contributed by atoms with Crippen molar-refractivity contribution in [1.29, 1.82) is 0 Å². The van der Waals surface area contributed by atoms with Gasteiger partial charge >= 0.3 is 0 Å². The zero-order valence-corrected chi connectivity index (χ0v) is 11.8. The molecule has 3 heterocycles. The van der Waals surface area contributed by atoms with Gasteiger partial charge in [-0.1, -0.05) is 0 Å². The third-order valence-corrected chi connectivity index (χ3v) is 4.05. The fraction of sp³-hybridized carbons (Fsp3) is 0.545. The normalized spacial score (nSPS) is 26.8. The van der Waals surface area contributed by atoms with Gasteiger partial charge in [-0.05, 0) is 47.5 Å². The van der Waals surface area contributed by atoms with Gasteiger partial charge in [0.05, 0.1) is 0 Å². The summed E-state index contributed by atoms with van der Waals surface area (Å²) in [5.41, 5.74) is 1.41. The topological polar surface area (TPSA) is 34.0 Å². The van der Waals surface area contributed by atoms with Gasteiger partial charge in [-0.25, -0.2) is 0 Å². The molecule has 2 aliphatic rings. The summed E-state index contributed by atoms with van der Waals surface area (Å²) in [7, 11) is 0. The molecular weight excluding hydrogens is 338 g/mol. The first kappa shape index (κ1) is 12.4. The van der Waals surface area contributed by atoms with Crippen molar-refractivity contribution in [1.82, 2.24) is 9.88 Å². The molecule has 3 rings (SSSR count). The number of piperidine rings is 1. The number of rotatable bonds is 0. The van der Waals surface area contributed by atoms with E-state index < -0.39 is 0 Å². The molecule has 2 bridgehead atoms. The van der Waals surface area contributed by atoms with Crippen molar-refractivity contribution in [3.05, 3.63) is 31.8 Å². The Morgan fingerprint density at radius 3 is 3.00 bits per heavy atom. The van der Waals surface area contributed by atoms with E-state index in [0.29, 0.717) is 11.8 Å². The molecule has 88 valence electrons. The highest BCUT2D eigenvalue weighted by Crippen LogP contribution is 2.32. The lowest BCUT2D eigenvalue weighted by atomic mass is 9.84. The summed E-state index contributed by atoms with van der Waals surface area (Å²) in [5, 5.41) is 3.45. The van der Waals surface area contributed by atoms with Crippen molar-refractivity contribution in [2.75, 3.05) is 13.1 Å². The van der Waals surface area contributed by atoms with Crippen LogP contribution in [0.15, 0.2) is 16.9 Å². The third kappa shape index (κ3) is 2.02. The van der Waals surface area contributed by atoms with E-state index in [1.54, 1.807) is 6.07 Å². The lowest BCUT2D eigenvalue weighted by Crippen LogP contribution is -2.44. The Morgan fingerprint density at radius 1 is 1.38 bits per heavy atom. The van der Waals surface area contributed by atoms with Crippen molar-refractivity contribution in [3.8, 4) is 0 Å². The van der Waals surface area contributed by atoms with Crippen molar-refractivity contribution < 1.29 is 0 Å². The molecule has 5 heteroatoms. The van der Waals surface area contributed by atoms with Gasteiger partial charge in [-0.2, -0.15) is 0 Å². The van der Waals surface area contributed by atoms with Crippen LogP contribution in [-0.4, -0.2) is 17.7 Å². The van der Waals surface area contributed by atoms with Gasteiger partial charge in [-0.3, -0.25) is 4.79 Å². The lowest BCUT2D eigenvalue weighted by Gasteiger charge is -2.37. The minimum Gasteiger partial charge on any atom is -0.316 e. The molecule has 1 unspecified atom stereocenters. The van der Waals surface area contributed by atoms with Crippen LogP contribution in [0.2, 0.25) is 0 Å². The first-order valence-corrected chi connectivity index (χ1v) is 6.43. The molecule has 0 spiro atoms. The molecule has 0 amide bonds. The Balaban J connectivity index is 0.000000963. The number of nitrogens with one attached hydrogen (secondary N) is 1. The summed E-state index contributed by atoms with van der Waals surface area (Å²) < 4.78 is 3.04. The van der Waals surface area contributed by atoms with E-state index in [1.165, 1.54) is 12.1 Å². The minimum atomic E-state index is 0.